The Hall–Kier alpha value is -2.28. The van der Waals surface area contributed by atoms with E-state index in [0.717, 1.165) is 24.3 Å². The van der Waals surface area contributed by atoms with Crippen molar-refractivity contribution in [3.63, 3.8) is 0 Å². The molecule has 0 aliphatic heterocycles. The van der Waals surface area contributed by atoms with Crippen molar-refractivity contribution in [2.45, 2.75) is 0 Å². The van der Waals surface area contributed by atoms with Crippen molar-refractivity contribution in [1.82, 2.24) is 0 Å². The van der Waals surface area contributed by atoms with Crippen molar-refractivity contribution >= 4 is 23.6 Å². The zero-order valence-electron chi connectivity index (χ0n) is 11.3. The molecule has 4 amide bonds. The SMILES string of the molecule is C=CC([NH-])=O.C=CC([NH-])=O.C=CC([NH-])=O.C=CC([NH-])=O.[Zr+4]. The van der Waals surface area contributed by atoms with Gasteiger partial charge in [-0.2, -0.15) is 0 Å². The number of nitrogens with one attached hydrogen (secondary N) is 4. The third kappa shape index (κ3) is 134. The molecular formula is C12H16N4O4Zr. The van der Waals surface area contributed by atoms with Crippen LogP contribution in [0.25, 0.3) is 22.9 Å². The van der Waals surface area contributed by atoms with E-state index in [1.165, 1.54) is 0 Å². The molecule has 0 bridgehead atoms. The molecule has 0 aliphatic rings. The molecule has 0 aromatic rings. The molecular weight excluding hydrogens is 355 g/mol. The minimum atomic E-state index is -0.731. The summed E-state index contributed by atoms with van der Waals surface area (Å²) in [6, 6.07) is 0. The van der Waals surface area contributed by atoms with Crippen LogP contribution in [0.2, 0.25) is 0 Å². The fraction of sp³-hybridized carbons (Fsp3) is 0. The third-order valence-electron chi connectivity index (χ3n) is 0.742. The maximum Gasteiger partial charge on any atom is 4.00 e. The first kappa shape index (κ1) is 31.2. The van der Waals surface area contributed by atoms with E-state index in [9.17, 15) is 19.2 Å². The summed E-state index contributed by atoms with van der Waals surface area (Å²) in [6.07, 6.45) is 3.78. The van der Waals surface area contributed by atoms with Gasteiger partial charge in [0, 0.05) is 0 Å². The van der Waals surface area contributed by atoms with Gasteiger partial charge in [-0.3, -0.25) is 0 Å². The van der Waals surface area contributed by atoms with Gasteiger partial charge in [0.25, 0.3) is 0 Å². The maximum absolute atomic E-state index is 9.36. The van der Waals surface area contributed by atoms with E-state index >= 15 is 0 Å². The van der Waals surface area contributed by atoms with E-state index in [1.807, 2.05) is 0 Å². The van der Waals surface area contributed by atoms with Crippen molar-refractivity contribution in [3.8, 4) is 0 Å². The molecule has 0 aromatic heterocycles. The Kier molecular flexibility index (Phi) is 39.1. The predicted octanol–water partition coefficient (Wildman–Crippen LogP) is 3.00. The molecule has 0 unspecified atom stereocenters. The fourth-order valence-electron chi connectivity index (χ4n) is 0. The van der Waals surface area contributed by atoms with Crippen LogP contribution in [0, 0.1) is 0 Å². The van der Waals surface area contributed by atoms with Crippen molar-refractivity contribution in [2.24, 2.45) is 0 Å². The summed E-state index contributed by atoms with van der Waals surface area (Å²) in [5.74, 6) is -2.93. The number of hydrogen-bond donors (Lipinski definition) is 0. The van der Waals surface area contributed by atoms with Crippen LogP contribution in [0.5, 0.6) is 0 Å². The zero-order chi connectivity index (χ0) is 17.1. The zero-order valence-corrected chi connectivity index (χ0v) is 13.7. The molecule has 0 spiro atoms. The molecule has 0 radical (unpaired) electrons. The molecule has 112 valence electrons. The second-order valence-electron chi connectivity index (χ2n) is 2.27. The van der Waals surface area contributed by atoms with Crippen molar-refractivity contribution in [1.29, 1.82) is 0 Å². The fourth-order valence-corrected chi connectivity index (χ4v) is 0. The average molecular weight is 372 g/mol. The number of rotatable bonds is 4. The summed E-state index contributed by atoms with van der Waals surface area (Å²) >= 11 is 0. The second-order valence-corrected chi connectivity index (χ2v) is 2.27. The molecule has 8 nitrogen and oxygen atoms in total. The monoisotopic (exact) mass is 370 g/mol. The van der Waals surface area contributed by atoms with Crippen LogP contribution < -0.4 is 0 Å². The first-order valence-electron chi connectivity index (χ1n) is 4.60. The molecule has 0 saturated carbocycles. The molecule has 0 atom stereocenters. The Morgan fingerprint density at radius 2 is 0.571 bits per heavy atom. The minimum absolute atomic E-state index is 0. The smallest absolute Gasteiger partial charge is 0.664 e. The van der Waals surface area contributed by atoms with E-state index in [1.54, 1.807) is 0 Å². The summed E-state index contributed by atoms with van der Waals surface area (Å²) < 4.78 is 0. The molecule has 9 heteroatoms. The van der Waals surface area contributed by atoms with Gasteiger partial charge < -0.3 is 42.1 Å². The Morgan fingerprint density at radius 3 is 0.571 bits per heavy atom. The van der Waals surface area contributed by atoms with Crippen LogP contribution in [-0.2, 0) is 45.4 Å². The Morgan fingerprint density at radius 1 is 0.524 bits per heavy atom. The standard InChI is InChI=1S/4C3H5NO.Zr/c4*1-2-3(4)5;/h4*2H,1H2,(H2,4,5);/q;;;;+4/p-4. The Balaban J connectivity index is -0.0000000533. The predicted molar refractivity (Wildman–Crippen MR) is 78.1 cm³/mol. The van der Waals surface area contributed by atoms with Gasteiger partial charge in [0.2, 0.25) is 0 Å². The minimum Gasteiger partial charge on any atom is -0.664 e. The van der Waals surface area contributed by atoms with Crippen molar-refractivity contribution < 1.29 is 45.4 Å². The summed E-state index contributed by atoms with van der Waals surface area (Å²) in [4.78, 5) is 37.4. The van der Waals surface area contributed by atoms with Crippen LogP contribution >= 0.6 is 0 Å². The number of carbonyl (C=O) groups is 4. The number of carbonyl (C=O) groups excluding carboxylic acids is 4. The molecule has 0 aliphatic carbocycles. The molecule has 0 fully saturated rings. The number of hydrogen-bond acceptors (Lipinski definition) is 4. The van der Waals surface area contributed by atoms with Gasteiger partial charge in [0.15, 0.2) is 0 Å². The van der Waals surface area contributed by atoms with Gasteiger partial charge in [0.1, 0.15) is 0 Å². The van der Waals surface area contributed by atoms with E-state index in [0.29, 0.717) is 0 Å². The van der Waals surface area contributed by atoms with Crippen LogP contribution in [0.4, 0.5) is 0 Å². The quantitative estimate of drug-likeness (QED) is 0.694. The van der Waals surface area contributed by atoms with Crippen LogP contribution in [0.1, 0.15) is 0 Å². The van der Waals surface area contributed by atoms with Gasteiger partial charge >= 0.3 is 26.2 Å². The van der Waals surface area contributed by atoms with Gasteiger partial charge in [-0.1, -0.05) is 26.3 Å². The van der Waals surface area contributed by atoms with E-state index in [-0.39, 0.29) is 26.2 Å². The van der Waals surface area contributed by atoms with Crippen LogP contribution in [0.3, 0.4) is 0 Å². The topological polar surface area (TPSA) is 163 Å². The summed E-state index contributed by atoms with van der Waals surface area (Å²) in [5.41, 5.74) is 24.3. The van der Waals surface area contributed by atoms with E-state index in [4.69, 9.17) is 22.9 Å². The molecule has 0 heterocycles. The molecule has 0 saturated heterocycles. The Bertz CT molecular complexity index is 309. The molecule has 4 N–H and O–H groups in total. The summed E-state index contributed by atoms with van der Waals surface area (Å²) in [6.45, 7) is 12.1. The Labute approximate surface area is 142 Å². The summed E-state index contributed by atoms with van der Waals surface area (Å²) in [7, 11) is 0. The summed E-state index contributed by atoms with van der Waals surface area (Å²) in [5, 5.41) is 0. The molecule has 21 heavy (non-hydrogen) atoms. The van der Waals surface area contributed by atoms with E-state index in [2.05, 4.69) is 26.3 Å². The average Bonchev–Trinajstić information content (AvgIpc) is 2.40. The second kappa shape index (κ2) is 26.3. The third-order valence-corrected chi connectivity index (χ3v) is 0.742. The van der Waals surface area contributed by atoms with Gasteiger partial charge in [-0.05, 0) is 24.3 Å². The van der Waals surface area contributed by atoms with Gasteiger partial charge in [0.05, 0.1) is 23.6 Å². The van der Waals surface area contributed by atoms with Crippen molar-refractivity contribution in [2.75, 3.05) is 0 Å². The first-order valence-corrected chi connectivity index (χ1v) is 4.60. The van der Waals surface area contributed by atoms with Crippen molar-refractivity contribution in [3.05, 3.63) is 73.6 Å². The van der Waals surface area contributed by atoms with Gasteiger partial charge in [-0.15, -0.1) is 0 Å². The first-order chi connectivity index (χ1) is 9.08. The largest absolute Gasteiger partial charge is 4.00 e. The van der Waals surface area contributed by atoms with E-state index < -0.39 is 23.6 Å². The molecule has 0 aromatic carbocycles. The number of amides is 4. The van der Waals surface area contributed by atoms with Crippen LogP contribution in [-0.4, -0.2) is 23.6 Å². The molecule has 0 rings (SSSR count). The van der Waals surface area contributed by atoms with Gasteiger partial charge in [-0.25, -0.2) is 0 Å². The maximum atomic E-state index is 9.36. The van der Waals surface area contributed by atoms with Crippen LogP contribution in [0.15, 0.2) is 50.6 Å². The normalized spacial score (nSPS) is 6.10.